The average Bonchev–Trinajstić information content (AvgIpc) is 2.66. The van der Waals surface area contributed by atoms with Gasteiger partial charge in [0.15, 0.2) is 10.8 Å². The second kappa shape index (κ2) is 4.33. The zero-order chi connectivity index (χ0) is 12.6. The molecule has 0 aliphatic carbocycles. The first-order valence-electron chi connectivity index (χ1n) is 5.32. The summed E-state index contributed by atoms with van der Waals surface area (Å²) in [7, 11) is 0. The van der Waals surface area contributed by atoms with E-state index in [1.165, 1.54) is 10.7 Å². The molecular weight excluding hydrogens is 242 g/mol. The van der Waals surface area contributed by atoms with Gasteiger partial charge in [-0.3, -0.25) is 0 Å². The van der Waals surface area contributed by atoms with E-state index in [-0.39, 0.29) is 11.5 Å². The number of aromatic nitrogens is 3. The van der Waals surface area contributed by atoms with Crippen LogP contribution in [0.1, 0.15) is 42.2 Å². The predicted molar refractivity (Wildman–Crippen MR) is 63.7 cm³/mol. The fraction of sp³-hybridized carbons (Fsp3) is 0.364. The molecule has 90 valence electrons. The van der Waals surface area contributed by atoms with Gasteiger partial charge in [-0.05, 0) is 12.3 Å². The van der Waals surface area contributed by atoms with Crippen molar-refractivity contribution in [3.63, 3.8) is 0 Å². The summed E-state index contributed by atoms with van der Waals surface area (Å²) in [6, 6.07) is 1.61. The highest BCUT2D eigenvalue weighted by atomic mass is 35.5. The molecule has 0 aliphatic rings. The molecule has 0 radical (unpaired) electrons. The molecule has 1 atom stereocenters. The Morgan fingerprint density at radius 1 is 1.65 bits per heavy atom. The third-order valence-corrected chi connectivity index (χ3v) is 2.99. The SMILES string of the molecule is CC[C@H](C)c1c(C(=O)O)cnc2cc(Cl)nn12. The summed E-state index contributed by atoms with van der Waals surface area (Å²) in [6.45, 7) is 3.95. The van der Waals surface area contributed by atoms with Crippen LogP contribution in [0.3, 0.4) is 0 Å². The van der Waals surface area contributed by atoms with E-state index in [4.69, 9.17) is 16.7 Å². The summed E-state index contributed by atoms with van der Waals surface area (Å²) in [5, 5.41) is 13.6. The Labute approximate surface area is 103 Å². The van der Waals surface area contributed by atoms with Gasteiger partial charge in [0.1, 0.15) is 0 Å². The van der Waals surface area contributed by atoms with E-state index in [2.05, 4.69) is 10.1 Å². The van der Waals surface area contributed by atoms with Crippen LogP contribution in [-0.4, -0.2) is 25.7 Å². The molecule has 0 aromatic carbocycles. The standard InChI is InChI=1S/C11H12ClN3O2/c1-3-6(2)10-7(11(16)17)5-13-9-4-8(12)14-15(9)10/h4-6H,3H2,1-2H3,(H,16,17)/t6-/m0/s1. The molecule has 0 amide bonds. The fourth-order valence-electron chi connectivity index (χ4n) is 1.76. The minimum Gasteiger partial charge on any atom is -0.478 e. The number of fused-ring (bicyclic) bond motifs is 1. The van der Waals surface area contributed by atoms with Crippen LogP contribution in [-0.2, 0) is 0 Å². The number of carboxylic acid groups (broad SMARTS) is 1. The third-order valence-electron chi connectivity index (χ3n) is 2.80. The van der Waals surface area contributed by atoms with Crippen molar-refractivity contribution in [3.8, 4) is 0 Å². The molecule has 2 rings (SSSR count). The lowest BCUT2D eigenvalue weighted by atomic mass is 10.0. The molecule has 1 N–H and O–H groups in total. The summed E-state index contributed by atoms with van der Waals surface area (Å²) in [5.41, 5.74) is 1.37. The lowest BCUT2D eigenvalue weighted by Crippen LogP contribution is -2.12. The molecule has 0 bridgehead atoms. The monoisotopic (exact) mass is 253 g/mol. The van der Waals surface area contributed by atoms with Crippen molar-refractivity contribution in [1.29, 1.82) is 0 Å². The van der Waals surface area contributed by atoms with E-state index >= 15 is 0 Å². The lowest BCUT2D eigenvalue weighted by Gasteiger charge is -2.13. The summed E-state index contributed by atoms with van der Waals surface area (Å²) < 4.78 is 1.51. The van der Waals surface area contributed by atoms with Gasteiger partial charge in [0.2, 0.25) is 0 Å². The Kier molecular flexibility index (Phi) is 3.02. The van der Waals surface area contributed by atoms with Crippen molar-refractivity contribution in [2.75, 3.05) is 0 Å². The third kappa shape index (κ3) is 1.98. The van der Waals surface area contributed by atoms with Gasteiger partial charge in [0.25, 0.3) is 0 Å². The van der Waals surface area contributed by atoms with Gasteiger partial charge < -0.3 is 5.11 Å². The van der Waals surface area contributed by atoms with Gasteiger partial charge in [-0.15, -0.1) is 0 Å². The highest BCUT2D eigenvalue weighted by Crippen LogP contribution is 2.24. The zero-order valence-electron chi connectivity index (χ0n) is 9.51. The first-order chi connectivity index (χ1) is 8.04. The van der Waals surface area contributed by atoms with Crippen LogP contribution in [0.15, 0.2) is 12.3 Å². The lowest BCUT2D eigenvalue weighted by molar-refractivity contribution is 0.0693. The minimum absolute atomic E-state index is 0.0718. The molecule has 2 heterocycles. The molecular formula is C11H12ClN3O2. The maximum atomic E-state index is 11.2. The quantitative estimate of drug-likeness (QED) is 0.913. The second-order valence-corrected chi connectivity index (χ2v) is 4.30. The van der Waals surface area contributed by atoms with Crippen molar-refractivity contribution >= 4 is 23.2 Å². The molecule has 0 saturated heterocycles. The van der Waals surface area contributed by atoms with Gasteiger partial charge in [-0.2, -0.15) is 5.10 Å². The molecule has 5 nitrogen and oxygen atoms in total. The zero-order valence-corrected chi connectivity index (χ0v) is 10.3. The summed E-state index contributed by atoms with van der Waals surface area (Å²) >= 11 is 5.82. The Morgan fingerprint density at radius 3 is 2.94 bits per heavy atom. The highest BCUT2D eigenvalue weighted by Gasteiger charge is 2.20. The molecule has 0 unspecified atom stereocenters. The summed E-state index contributed by atoms with van der Waals surface area (Å²) in [5.74, 6) is -0.927. The molecule has 0 saturated carbocycles. The first kappa shape index (κ1) is 11.9. The molecule has 2 aromatic heterocycles. The molecule has 0 aliphatic heterocycles. The van der Waals surface area contributed by atoms with Crippen molar-refractivity contribution in [3.05, 3.63) is 28.7 Å². The Hall–Kier alpha value is -1.62. The maximum Gasteiger partial charge on any atom is 0.339 e. The molecule has 0 spiro atoms. The van der Waals surface area contributed by atoms with Crippen LogP contribution < -0.4 is 0 Å². The van der Waals surface area contributed by atoms with E-state index in [9.17, 15) is 4.79 Å². The van der Waals surface area contributed by atoms with Crippen LogP contribution in [0.2, 0.25) is 5.15 Å². The van der Waals surface area contributed by atoms with Crippen LogP contribution in [0.5, 0.6) is 0 Å². The summed E-state index contributed by atoms with van der Waals surface area (Å²) in [6.07, 6.45) is 2.17. The largest absolute Gasteiger partial charge is 0.478 e. The Bertz CT molecular complexity index is 579. The highest BCUT2D eigenvalue weighted by molar-refractivity contribution is 6.29. The number of carboxylic acids is 1. The Morgan fingerprint density at radius 2 is 2.35 bits per heavy atom. The Balaban J connectivity index is 2.78. The van der Waals surface area contributed by atoms with Crippen LogP contribution >= 0.6 is 11.6 Å². The topological polar surface area (TPSA) is 67.5 Å². The van der Waals surface area contributed by atoms with Crippen LogP contribution in [0.4, 0.5) is 0 Å². The molecule has 0 fully saturated rings. The molecule has 6 heteroatoms. The van der Waals surface area contributed by atoms with Gasteiger partial charge in [0, 0.05) is 12.3 Å². The van der Waals surface area contributed by atoms with Crippen molar-refractivity contribution < 1.29 is 9.90 Å². The summed E-state index contributed by atoms with van der Waals surface area (Å²) in [4.78, 5) is 15.2. The number of nitrogens with zero attached hydrogens (tertiary/aromatic N) is 3. The molecule has 2 aromatic rings. The smallest absolute Gasteiger partial charge is 0.339 e. The molecule has 17 heavy (non-hydrogen) atoms. The fourth-order valence-corrected chi connectivity index (χ4v) is 1.93. The average molecular weight is 254 g/mol. The van der Waals surface area contributed by atoms with E-state index in [0.717, 1.165) is 6.42 Å². The van der Waals surface area contributed by atoms with Gasteiger partial charge >= 0.3 is 5.97 Å². The number of carbonyl (C=O) groups is 1. The van der Waals surface area contributed by atoms with Crippen LogP contribution in [0.25, 0.3) is 5.65 Å². The predicted octanol–water partition coefficient (Wildman–Crippen LogP) is 2.59. The van der Waals surface area contributed by atoms with E-state index in [0.29, 0.717) is 16.5 Å². The first-order valence-corrected chi connectivity index (χ1v) is 5.69. The number of hydrogen-bond acceptors (Lipinski definition) is 3. The normalized spacial score (nSPS) is 12.9. The van der Waals surface area contributed by atoms with Crippen LogP contribution in [0, 0.1) is 0 Å². The number of hydrogen-bond donors (Lipinski definition) is 1. The van der Waals surface area contributed by atoms with Gasteiger partial charge in [0.05, 0.1) is 11.3 Å². The maximum absolute atomic E-state index is 11.2. The minimum atomic E-state index is -0.999. The van der Waals surface area contributed by atoms with Gasteiger partial charge in [-0.1, -0.05) is 25.4 Å². The van der Waals surface area contributed by atoms with Crippen molar-refractivity contribution in [2.45, 2.75) is 26.2 Å². The van der Waals surface area contributed by atoms with E-state index in [1.807, 2.05) is 13.8 Å². The van der Waals surface area contributed by atoms with Crippen molar-refractivity contribution in [1.82, 2.24) is 14.6 Å². The van der Waals surface area contributed by atoms with Crippen molar-refractivity contribution in [2.24, 2.45) is 0 Å². The van der Waals surface area contributed by atoms with E-state index < -0.39 is 5.97 Å². The number of rotatable bonds is 3. The second-order valence-electron chi connectivity index (χ2n) is 3.91. The number of aromatic carboxylic acids is 1. The number of halogens is 1. The van der Waals surface area contributed by atoms with Gasteiger partial charge in [-0.25, -0.2) is 14.3 Å². The van der Waals surface area contributed by atoms with E-state index in [1.54, 1.807) is 6.07 Å².